The van der Waals surface area contributed by atoms with Gasteiger partial charge in [0.25, 0.3) is 0 Å². The number of methoxy groups -OCH3 is 1. The molecule has 1 atom stereocenters. The average molecular weight is 210 g/mol. The van der Waals surface area contributed by atoms with Gasteiger partial charge in [-0.3, -0.25) is 0 Å². The minimum absolute atomic E-state index is 0.0827. The Morgan fingerprint density at radius 3 is 2.80 bits per heavy atom. The summed E-state index contributed by atoms with van der Waals surface area (Å²) < 4.78 is 17.3. The first-order valence-electron chi connectivity index (χ1n) is 4.27. The largest absolute Gasteiger partial charge is 0.504 e. The lowest BCUT2D eigenvalue weighted by Crippen LogP contribution is -2.14. The molecule has 0 aliphatic heterocycles. The van der Waals surface area contributed by atoms with Crippen LogP contribution in [0, 0.1) is 11.3 Å². The van der Waals surface area contributed by atoms with Gasteiger partial charge in [0.05, 0.1) is 24.8 Å². The Hall–Kier alpha value is -1.80. The minimum atomic E-state index is -1.02. The van der Waals surface area contributed by atoms with Crippen molar-refractivity contribution in [2.24, 2.45) is 5.73 Å². The molecule has 5 heteroatoms. The monoisotopic (exact) mass is 210 g/mol. The summed E-state index contributed by atoms with van der Waals surface area (Å²) in [5.41, 5.74) is 5.69. The van der Waals surface area contributed by atoms with Crippen molar-refractivity contribution >= 4 is 0 Å². The van der Waals surface area contributed by atoms with Gasteiger partial charge in [-0.15, -0.1) is 0 Å². The number of nitrogens with zero attached hydrogens (tertiary/aromatic N) is 1. The Labute approximate surface area is 86.7 Å². The molecular weight excluding hydrogens is 199 g/mol. The number of nitrogens with two attached hydrogens (primary N) is 1. The van der Waals surface area contributed by atoms with E-state index >= 15 is 0 Å². The van der Waals surface area contributed by atoms with Gasteiger partial charge in [-0.1, -0.05) is 0 Å². The molecule has 4 nitrogen and oxygen atoms in total. The lowest BCUT2D eigenvalue weighted by molar-refractivity contribution is 0.362. The molecule has 0 fully saturated rings. The SMILES string of the molecule is COc1ccc(C#N)c([C@H](N)CF)c1O. The van der Waals surface area contributed by atoms with Crippen molar-refractivity contribution in [2.75, 3.05) is 13.8 Å². The van der Waals surface area contributed by atoms with Crippen molar-refractivity contribution in [1.29, 1.82) is 5.26 Å². The molecule has 3 N–H and O–H groups in total. The fourth-order valence-corrected chi connectivity index (χ4v) is 1.30. The Kier molecular flexibility index (Phi) is 3.47. The second-order valence-electron chi connectivity index (χ2n) is 2.95. The first kappa shape index (κ1) is 11.3. The Balaban J connectivity index is 3.37. The molecule has 0 aromatic heterocycles. The smallest absolute Gasteiger partial charge is 0.163 e. The van der Waals surface area contributed by atoms with E-state index < -0.39 is 12.7 Å². The highest BCUT2D eigenvalue weighted by Crippen LogP contribution is 2.35. The van der Waals surface area contributed by atoms with Crippen LogP contribution in [0.4, 0.5) is 4.39 Å². The van der Waals surface area contributed by atoms with Crippen LogP contribution >= 0.6 is 0 Å². The van der Waals surface area contributed by atoms with Gasteiger partial charge in [-0.2, -0.15) is 5.26 Å². The van der Waals surface area contributed by atoms with Gasteiger partial charge in [0.15, 0.2) is 11.5 Å². The van der Waals surface area contributed by atoms with E-state index in [1.807, 2.05) is 6.07 Å². The fraction of sp³-hybridized carbons (Fsp3) is 0.300. The van der Waals surface area contributed by atoms with E-state index in [1.165, 1.54) is 19.2 Å². The van der Waals surface area contributed by atoms with Crippen molar-refractivity contribution in [3.63, 3.8) is 0 Å². The molecule has 1 aromatic carbocycles. The summed E-state index contributed by atoms with van der Waals surface area (Å²) in [7, 11) is 1.37. The minimum Gasteiger partial charge on any atom is -0.504 e. The number of ether oxygens (including phenoxy) is 1. The summed E-state index contributed by atoms with van der Waals surface area (Å²) in [5, 5.41) is 18.5. The number of aromatic hydroxyl groups is 1. The highest BCUT2D eigenvalue weighted by molar-refractivity contribution is 5.55. The lowest BCUT2D eigenvalue weighted by Gasteiger charge is -2.14. The summed E-state index contributed by atoms with van der Waals surface area (Å²) in [6.07, 6.45) is 0. The number of halogens is 1. The maximum atomic E-state index is 12.4. The standard InChI is InChI=1S/C10H11FN2O2/c1-15-8-3-2-6(5-12)9(10(8)14)7(13)4-11/h2-3,7,14H,4,13H2,1H3/t7-/m1/s1. The molecule has 1 aromatic rings. The molecule has 1 rings (SSSR count). The quantitative estimate of drug-likeness (QED) is 0.786. The molecule has 0 heterocycles. The zero-order valence-corrected chi connectivity index (χ0v) is 8.20. The van der Waals surface area contributed by atoms with Gasteiger partial charge < -0.3 is 15.6 Å². The van der Waals surface area contributed by atoms with Crippen LogP contribution in [0.3, 0.4) is 0 Å². The van der Waals surface area contributed by atoms with Crippen LogP contribution in [0.15, 0.2) is 12.1 Å². The normalized spacial score (nSPS) is 11.9. The van der Waals surface area contributed by atoms with Crippen molar-refractivity contribution in [1.82, 2.24) is 0 Å². The van der Waals surface area contributed by atoms with Crippen molar-refractivity contribution in [2.45, 2.75) is 6.04 Å². The van der Waals surface area contributed by atoms with Gasteiger partial charge in [0.1, 0.15) is 6.67 Å². The van der Waals surface area contributed by atoms with Crippen molar-refractivity contribution in [3.8, 4) is 17.6 Å². The van der Waals surface area contributed by atoms with Gasteiger partial charge in [-0.25, -0.2) is 4.39 Å². The summed E-state index contributed by atoms with van der Waals surface area (Å²) in [5.74, 6) is -0.102. The third-order valence-corrected chi connectivity index (χ3v) is 2.06. The number of rotatable bonds is 3. The second-order valence-corrected chi connectivity index (χ2v) is 2.95. The van der Waals surface area contributed by atoms with Crippen molar-refractivity contribution < 1.29 is 14.2 Å². The molecule has 0 unspecified atom stereocenters. The van der Waals surface area contributed by atoms with E-state index in [-0.39, 0.29) is 22.6 Å². The Morgan fingerprint density at radius 1 is 1.67 bits per heavy atom. The predicted molar refractivity (Wildman–Crippen MR) is 52.3 cm³/mol. The highest BCUT2D eigenvalue weighted by atomic mass is 19.1. The van der Waals surface area contributed by atoms with E-state index in [0.29, 0.717) is 0 Å². The third-order valence-electron chi connectivity index (χ3n) is 2.06. The number of hydrogen-bond donors (Lipinski definition) is 2. The first-order valence-corrected chi connectivity index (χ1v) is 4.27. The second kappa shape index (κ2) is 4.62. The van der Waals surface area contributed by atoms with Crippen LogP contribution in [-0.2, 0) is 0 Å². The van der Waals surface area contributed by atoms with Crippen LogP contribution in [0.1, 0.15) is 17.2 Å². The number of phenolic OH excluding ortho intramolecular Hbond substituents is 1. The molecule has 0 saturated heterocycles. The Morgan fingerprint density at radius 2 is 2.33 bits per heavy atom. The van der Waals surface area contributed by atoms with Gasteiger partial charge in [0, 0.05) is 5.56 Å². The number of hydrogen-bond acceptors (Lipinski definition) is 4. The van der Waals surface area contributed by atoms with Crippen LogP contribution in [-0.4, -0.2) is 18.9 Å². The van der Waals surface area contributed by atoms with Crippen molar-refractivity contribution in [3.05, 3.63) is 23.3 Å². The number of alkyl halides is 1. The van der Waals surface area contributed by atoms with Crippen LogP contribution < -0.4 is 10.5 Å². The van der Waals surface area contributed by atoms with E-state index in [2.05, 4.69) is 0 Å². The molecular formula is C10H11FN2O2. The predicted octanol–water partition coefficient (Wildman–Crippen LogP) is 1.24. The number of phenols is 1. The molecule has 0 spiro atoms. The zero-order chi connectivity index (χ0) is 11.4. The van der Waals surface area contributed by atoms with Crippen LogP contribution in [0.25, 0.3) is 0 Å². The van der Waals surface area contributed by atoms with Gasteiger partial charge >= 0.3 is 0 Å². The summed E-state index contributed by atoms with van der Waals surface area (Å²) >= 11 is 0. The zero-order valence-electron chi connectivity index (χ0n) is 8.20. The molecule has 80 valence electrons. The first-order chi connectivity index (χ1) is 7.15. The maximum absolute atomic E-state index is 12.4. The highest BCUT2D eigenvalue weighted by Gasteiger charge is 2.19. The Bertz CT molecular complexity index is 401. The summed E-state index contributed by atoms with van der Waals surface area (Å²) in [6.45, 7) is -0.852. The molecule has 0 aliphatic rings. The summed E-state index contributed by atoms with van der Waals surface area (Å²) in [4.78, 5) is 0. The molecule has 15 heavy (non-hydrogen) atoms. The van der Waals surface area contributed by atoms with Crippen LogP contribution in [0.5, 0.6) is 11.5 Å². The lowest BCUT2D eigenvalue weighted by atomic mass is 10.0. The molecule has 0 radical (unpaired) electrons. The molecule has 0 amide bonds. The van der Waals surface area contributed by atoms with Gasteiger partial charge in [0.2, 0.25) is 0 Å². The van der Waals surface area contributed by atoms with Gasteiger partial charge in [-0.05, 0) is 12.1 Å². The topological polar surface area (TPSA) is 79.3 Å². The summed E-state index contributed by atoms with van der Waals surface area (Å²) in [6, 6.07) is 3.69. The average Bonchev–Trinajstić information content (AvgIpc) is 2.27. The fourth-order valence-electron chi connectivity index (χ4n) is 1.30. The third kappa shape index (κ3) is 2.00. The maximum Gasteiger partial charge on any atom is 0.163 e. The molecule has 0 bridgehead atoms. The molecule has 0 saturated carbocycles. The van der Waals surface area contributed by atoms with E-state index in [0.717, 1.165) is 0 Å². The molecule has 0 aliphatic carbocycles. The van der Waals surface area contributed by atoms with E-state index in [9.17, 15) is 9.50 Å². The number of benzene rings is 1. The number of nitriles is 1. The van der Waals surface area contributed by atoms with Crippen LogP contribution in [0.2, 0.25) is 0 Å². The van der Waals surface area contributed by atoms with E-state index in [4.69, 9.17) is 15.7 Å². The van der Waals surface area contributed by atoms with E-state index in [1.54, 1.807) is 0 Å².